The number of amides is 1. The number of hydrogen-bond acceptors (Lipinski definition) is 9. The minimum Gasteiger partial charge on any atom is -0.495 e. The Bertz CT molecular complexity index is 1240. The van der Waals surface area contributed by atoms with Crippen LogP contribution in [0.4, 0.5) is 23.1 Å². The number of ether oxygens (including phenoxy) is 1. The highest BCUT2D eigenvalue weighted by Gasteiger charge is 2.19. The average Bonchev–Trinajstić information content (AvgIpc) is 2.80. The molecule has 33 heavy (non-hydrogen) atoms. The number of hydrogen-bond donors (Lipinski definition) is 3. The van der Waals surface area contributed by atoms with E-state index in [1.807, 2.05) is 30.3 Å². The molecule has 1 aliphatic heterocycles. The molecular weight excluding hydrogens is 420 g/mol. The summed E-state index contributed by atoms with van der Waals surface area (Å²) in [6, 6.07) is 13.4. The summed E-state index contributed by atoms with van der Waals surface area (Å²) in [4.78, 5) is 18.6. The molecule has 0 bridgehead atoms. The standard InChI is InChI=1S/C23H24N8O2/c1-31-10-8-15-11-18(19(33-2)12-16(15)13-31)27-23-28-22(20(21(25)32)29-30-23)26-17-6-4-3-5-14(17)7-9-24/h3-6,11-12H,7-8,10,13H2,1-2H3,(H2,25,32)(H2,26,27,28,30). The Morgan fingerprint density at radius 2 is 2.03 bits per heavy atom. The Balaban J connectivity index is 1.68. The van der Waals surface area contributed by atoms with E-state index in [4.69, 9.17) is 15.7 Å². The maximum Gasteiger partial charge on any atom is 0.273 e. The molecule has 2 aromatic carbocycles. The Labute approximate surface area is 191 Å². The van der Waals surface area contributed by atoms with Crippen LogP contribution in [0.2, 0.25) is 0 Å². The highest BCUT2D eigenvalue weighted by atomic mass is 16.5. The van der Waals surface area contributed by atoms with Crippen molar-refractivity contribution < 1.29 is 9.53 Å². The summed E-state index contributed by atoms with van der Waals surface area (Å²) in [6.07, 6.45) is 1.12. The number of benzene rings is 2. The van der Waals surface area contributed by atoms with Gasteiger partial charge in [-0.05, 0) is 48.4 Å². The molecule has 0 saturated carbocycles. The van der Waals surface area contributed by atoms with E-state index in [0.29, 0.717) is 17.1 Å². The smallest absolute Gasteiger partial charge is 0.273 e. The van der Waals surface area contributed by atoms with Crippen LogP contribution in [0, 0.1) is 11.3 Å². The van der Waals surface area contributed by atoms with Crippen molar-refractivity contribution in [3.8, 4) is 11.8 Å². The SMILES string of the molecule is COc1cc2c(cc1Nc1nnc(C(N)=O)c(Nc3ccccc3CC#N)n1)CCN(C)C2. The van der Waals surface area contributed by atoms with Gasteiger partial charge in [0.15, 0.2) is 11.5 Å². The van der Waals surface area contributed by atoms with Gasteiger partial charge in [0.05, 0.1) is 25.3 Å². The van der Waals surface area contributed by atoms with Crippen molar-refractivity contribution in [2.24, 2.45) is 5.73 Å². The van der Waals surface area contributed by atoms with E-state index in [0.717, 1.165) is 25.1 Å². The van der Waals surface area contributed by atoms with E-state index in [1.165, 1.54) is 11.1 Å². The number of nitrogens with two attached hydrogens (primary N) is 1. The first kappa shape index (κ1) is 22.0. The van der Waals surface area contributed by atoms with Crippen LogP contribution in [0.1, 0.15) is 27.2 Å². The lowest BCUT2D eigenvalue weighted by molar-refractivity contribution is 0.0995. The first-order valence-corrected chi connectivity index (χ1v) is 10.4. The summed E-state index contributed by atoms with van der Waals surface area (Å²) < 4.78 is 5.57. The lowest BCUT2D eigenvalue weighted by atomic mass is 9.99. The summed E-state index contributed by atoms with van der Waals surface area (Å²) >= 11 is 0. The molecule has 0 unspecified atom stereocenters. The molecule has 0 atom stereocenters. The van der Waals surface area contributed by atoms with Gasteiger partial charge in [0.25, 0.3) is 5.91 Å². The first-order chi connectivity index (χ1) is 16.0. The third kappa shape index (κ3) is 4.83. The van der Waals surface area contributed by atoms with Crippen LogP contribution in [-0.2, 0) is 19.4 Å². The summed E-state index contributed by atoms with van der Waals surface area (Å²) in [6.45, 7) is 1.83. The zero-order valence-corrected chi connectivity index (χ0v) is 18.4. The number of carbonyl (C=O) groups excluding carboxylic acids is 1. The normalized spacial score (nSPS) is 13.0. The fourth-order valence-electron chi connectivity index (χ4n) is 3.76. The number of methoxy groups -OCH3 is 1. The van der Waals surface area contributed by atoms with Gasteiger partial charge < -0.3 is 26.0 Å². The molecule has 10 heteroatoms. The molecule has 0 radical (unpaired) electrons. The third-order valence-corrected chi connectivity index (χ3v) is 5.43. The first-order valence-electron chi connectivity index (χ1n) is 10.4. The van der Waals surface area contributed by atoms with Gasteiger partial charge >= 0.3 is 0 Å². The van der Waals surface area contributed by atoms with Crippen LogP contribution in [0.25, 0.3) is 0 Å². The molecule has 10 nitrogen and oxygen atoms in total. The van der Waals surface area contributed by atoms with E-state index in [-0.39, 0.29) is 23.9 Å². The van der Waals surface area contributed by atoms with Crippen LogP contribution in [-0.4, -0.2) is 46.7 Å². The van der Waals surface area contributed by atoms with Gasteiger partial charge in [0.2, 0.25) is 5.95 Å². The second-order valence-electron chi connectivity index (χ2n) is 7.75. The molecule has 1 amide bonds. The van der Waals surface area contributed by atoms with Crippen molar-refractivity contribution in [2.75, 3.05) is 31.3 Å². The number of primary amides is 1. The van der Waals surface area contributed by atoms with E-state index in [2.05, 4.69) is 43.8 Å². The molecule has 168 valence electrons. The summed E-state index contributed by atoms with van der Waals surface area (Å²) in [7, 11) is 3.69. The molecule has 0 aliphatic carbocycles. The monoisotopic (exact) mass is 444 g/mol. The van der Waals surface area contributed by atoms with Crippen molar-refractivity contribution in [2.45, 2.75) is 19.4 Å². The number of nitriles is 1. The molecule has 2 heterocycles. The van der Waals surface area contributed by atoms with Crippen molar-refractivity contribution in [1.82, 2.24) is 20.1 Å². The zero-order valence-electron chi connectivity index (χ0n) is 18.4. The molecule has 3 aromatic rings. The molecule has 0 spiro atoms. The van der Waals surface area contributed by atoms with E-state index in [9.17, 15) is 4.79 Å². The van der Waals surface area contributed by atoms with Gasteiger partial charge in [-0.2, -0.15) is 10.2 Å². The van der Waals surface area contributed by atoms with Gasteiger partial charge in [-0.25, -0.2) is 0 Å². The van der Waals surface area contributed by atoms with Gasteiger partial charge in [-0.3, -0.25) is 4.79 Å². The summed E-state index contributed by atoms with van der Waals surface area (Å²) in [5.74, 6) is 0.202. The number of rotatable bonds is 7. The highest BCUT2D eigenvalue weighted by Crippen LogP contribution is 2.33. The van der Waals surface area contributed by atoms with Crippen molar-refractivity contribution >= 4 is 29.0 Å². The van der Waals surface area contributed by atoms with Crippen molar-refractivity contribution in [3.05, 3.63) is 58.8 Å². The second kappa shape index (κ2) is 9.50. The van der Waals surface area contributed by atoms with Gasteiger partial charge in [0, 0.05) is 18.8 Å². The van der Waals surface area contributed by atoms with Crippen LogP contribution >= 0.6 is 0 Å². The van der Waals surface area contributed by atoms with Crippen molar-refractivity contribution in [1.29, 1.82) is 5.26 Å². The molecule has 0 saturated heterocycles. The maximum atomic E-state index is 11.9. The Morgan fingerprint density at radius 3 is 2.79 bits per heavy atom. The van der Waals surface area contributed by atoms with Crippen molar-refractivity contribution in [3.63, 3.8) is 0 Å². The van der Waals surface area contributed by atoms with Gasteiger partial charge in [-0.15, -0.1) is 10.2 Å². The third-order valence-electron chi connectivity index (χ3n) is 5.43. The van der Waals surface area contributed by atoms with E-state index < -0.39 is 5.91 Å². The number of likely N-dealkylation sites (N-methyl/N-ethyl adjacent to an activating group) is 1. The molecule has 0 fully saturated rings. The van der Waals surface area contributed by atoms with Crippen LogP contribution < -0.4 is 21.1 Å². The minimum absolute atomic E-state index is 0.104. The highest BCUT2D eigenvalue weighted by molar-refractivity contribution is 5.96. The number of carbonyl (C=O) groups is 1. The van der Waals surface area contributed by atoms with E-state index >= 15 is 0 Å². The molecular formula is C23H24N8O2. The Kier molecular flexibility index (Phi) is 6.33. The molecule has 4 N–H and O–H groups in total. The van der Waals surface area contributed by atoms with E-state index in [1.54, 1.807) is 13.2 Å². The zero-order chi connectivity index (χ0) is 23.4. The number of nitrogens with zero attached hydrogens (tertiary/aromatic N) is 5. The number of nitrogens with one attached hydrogen (secondary N) is 2. The Morgan fingerprint density at radius 1 is 1.21 bits per heavy atom. The summed E-state index contributed by atoms with van der Waals surface area (Å²) in [5, 5.41) is 23.3. The lowest BCUT2D eigenvalue weighted by Gasteiger charge is -2.26. The predicted molar refractivity (Wildman–Crippen MR) is 124 cm³/mol. The fourth-order valence-corrected chi connectivity index (χ4v) is 3.76. The van der Waals surface area contributed by atoms with Crippen LogP contribution in [0.5, 0.6) is 5.75 Å². The van der Waals surface area contributed by atoms with Gasteiger partial charge in [0.1, 0.15) is 5.75 Å². The fraction of sp³-hybridized carbons (Fsp3) is 0.261. The molecule has 4 rings (SSSR count). The number of aromatic nitrogens is 3. The van der Waals surface area contributed by atoms with Crippen LogP contribution in [0.3, 0.4) is 0 Å². The predicted octanol–water partition coefficient (Wildman–Crippen LogP) is 2.52. The topological polar surface area (TPSA) is 142 Å². The minimum atomic E-state index is -0.766. The largest absolute Gasteiger partial charge is 0.495 e. The number of fused-ring (bicyclic) bond motifs is 1. The Hall–Kier alpha value is -4.23. The molecule has 1 aliphatic rings. The number of para-hydroxylation sites is 1. The summed E-state index contributed by atoms with van der Waals surface area (Å²) in [5.41, 5.74) is 9.90. The maximum absolute atomic E-state index is 11.9. The van der Waals surface area contributed by atoms with Crippen LogP contribution in [0.15, 0.2) is 36.4 Å². The molecule has 1 aromatic heterocycles. The number of anilines is 4. The quantitative estimate of drug-likeness (QED) is 0.501. The average molecular weight is 444 g/mol. The van der Waals surface area contributed by atoms with Gasteiger partial charge in [-0.1, -0.05) is 18.2 Å². The second-order valence-corrected chi connectivity index (χ2v) is 7.75. The lowest BCUT2D eigenvalue weighted by Crippen LogP contribution is -2.26.